The molecule has 35 heavy (non-hydrogen) atoms. The van der Waals surface area contributed by atoms with Crippen molar-refractivity contribution < 1.29 is 18.0 Å². The van der Waals surface area contributed by atoms with E-state index in [2.05, 4.69) is 20.0 Å². The lowest BCUT2D eigenvalue weighted by Gasteiger charge is -2.34. The van der Waals surface area contributed by atoms with E-state index in [1.54, 1.807) is 0 Å². The van der Waals surface area contributed by atoms with Crippen molar-refractivity contribution in [3.8, 4) is 0 Å². The third kappa shape index (κ3) is 4.87. The quantitative estimate of drug-likeness (QED) is 0.577. The zero-order chi connectivity index (χ0) is 24.4. The SMILES string of the molecule is O=C1CCC(=O)N1c1ccc(S(=O)(=O)N2CCN(c3ccc(N4CCCCCC4)nn3)CC2)cc1. The maximum atomic E-state index is 13.2. The molecule has 186 valence electrons. The Kier molecular flexibility index (Phi) is 6.70. The Hall–Kier alpha value is -3.05. The molecule has 0 spiro atoms. The summed E-state index contributed by atoms with van der Waals surface area (Å²) in [6, 6.07) is 9.94. The van der Waals surface area contributed by atoms with Crippen LogP contribution >= 0.6 is 0 Å². The van der Waals surface area contributed by atoms with Crippen molar-refractivity contribution in [3.63, 3.8) is 0 Å². The van der Waals surface area contributed by atoms with Crippen LogP contribution in [0.4, 0.5) is 17.3 Å². The normalized spacial score (nSPS) is 20.4. The summed E-state index contributed by atoms with van der Waals surface area (Å²) in [6.45, 7) is 3.73. The summed E-state index contributed by atoms with van der Waals surface area (Å²) in [4.78, 5) is 29.5. The van der Waals surface area contributed by atoms with E-state index in [-0.39, 0.29) is 29.6 Å². The van der Waals surface area contributed by atoms with Gasteiger partial charge in [0.1, 0.15) is 0 Å². The minimum absolute atomic E-state index is 0.149. The molecule has 2 amide bonds. The summed E-state index contributed by atoms with van der Waals surface area (Å²) in [5, 5.41) is 8.86. The number of carbonyl (C=O) groups excluding carboxylic acids is 2. The first-order valence-corrected chi connectivity index (χ1v) is 13.7. The molecule has 10 nitrogen and oxygen atoms in total. The number of hydrogen-bond donors (Lipinski definition) is 0. The maximum Gasteiger partial charge on any atom is 0.243 e. The Labute approximate surface area is 205 Å². The number of piperazine rings is 1. The van der Waals surface area contributed by atoms with E-state index >= 15 is 0 Å². The fourth-order valence-corrected chi connectivity index (χ4v) is 6.32. The number of carbonyl (C=O) groups is 2. The number of benzene rings is 1. The van der Waals surface area contributed by atoms with Crippen LogP contribution in [-0.2, 0) is 19.6 Å². The molecule has 1 aromatic heterocycles. The molecule has 3 aliphatic heterocycles. The van der Waals surface area contributed by atoms with Gasteiger partial charge in [0.25, 0.3) is 0 Å². The van der Waals surface area contributed by atoms with E-state index in [0.717, 1.165) is 29.6 Å². The smallest absolute Gasteiger partial charge is 0.243 e. The molecule has 3 fully saturated rings. The molecule has 4 heterocycles. The summed E-state index contributed by atoms with van der Waals surface area (Å²) < 4.78 is 27.8. The highest BCUT2D eigenvalue weighted by atomic mass is 32.2. The van der Waals surface area contributed by atoms with Crippen molar-refractivity contribution in [1.29, 1.82) is 0 Å². The Morgan fingerprint density at radius 1 is 0.629 bits per heavy atom. The Morgan fingerprint density at radius 3 is 1.66 bits per heavy atom. The molecule has 3 saturated heterocycles. The highest BCUT2D eigenvalue weighted by Gasteiger charge is 2.32. The summed E-state index contributed by atoms with van der Waals surface area (Å²) in [5.74, 6) is 1.14. The van der Waals surface area contributed by atoms with Crippen molar-refractivity contribution in [2.45, 2.75) is 43.4 Å². The minimum Gasteiger partial charge on any atom is -0.355 e. The van der Waals surface area contributed by atoms with Crippen LogP contribution in [-0.4, -0.2) is 74.0 Å². The average Bonchev–Trinajstić information content (AvgIpc) is 3.06. The van der Waals surface area contributed by atoms with E-state index in [1.165, 1.54) is 54.3 Å². The number of nitrogens with zero attached hydrogens (tertiary/aromatic N) is 6. The molecule has 0 radical (unpaired) electrons. The highest BCUT2D eigenvalue weighted by Crippen LogP contribution is 2.26. The zero-order valence-electron chi connectivity index (χ0n) is 19.7. The van der Waals surface area contributed by atoms with Crippen LogP contribution in [0, 0.1) is 0 Å². The van der Waals surface area contributed by atoms with Crippen LogP contribution in [0.1, 0.15) is 38.5 Å². The largest absolute Gasteiger partial charge is 0.355 e. The van der Waals surface area contributed by atoms with Gasteiger partial charge in [-0.25, -0.2) is 8.42 Å². The average molecular weight is 499 g/mol. The summed E-state index contributed by atoms with van der Waals surface area (Å²) >= 11 is 0. The van der Waals surface area contributed by atoms with E-state index in [4.69, 9.17) is 0 Å². The van der Waals surface area contributed by atoms with Crippen LogP contribution in [0.25, 0.3) is 0 Å². The molecule has 1 aromatic carbocycles. The summed E-state index contributed by atoms with van der Waals surface area (Å²) in [6.07, 6.45) is 5.26. The minimum atomic E-state index is -3.68. The second-order valence-electron chi connectivity index (χ2n) is 9.16. The third-order valence-corrected chi connectivity index (χ3v) is 8.83. The summed E-state index contributed by atoms with van der Waals surface area (Å²) in [5.41, 5.74) is 0.406. The van der Waals surface area contributed by atoms with Crippen molar-refractivity contribution in [3.05, 3.63) is 36.4 Å². The molecule has 3 aliphatic rings. The van der Waals surface area contributed by atoms with Gasteiger partial charge in [0.2, 0.25) is 21.8 Å². The van der Waals surface area contributed by atoms with Crippen LogP contribution in [0.3, 0.4) is 0 Å². The van der Waals surface area contributed by atoms with Crippen molar-refractivity contribution in [2.24, 2.45) is 0 Å². The Balaban J connectivity index is 1.21. The molecular formula is C24H30N6O4S. The summed E-state index contributed by atoms with van der Waals surface area (Å²) in [7, 11) is -3.68. The van der Waals surface area contributed by atoms with Gasteiger partial charge in [-0.1, -0.05) is 12.8 Å². The first kappa shape index (κ1) is 23.7. The zero-order valence-corrected chi connectivity index (χ0v) is 20.5. The fourth-order valence-electron chi connectivity index (χ4n) is 4.89. The molecule has 0 bridgehead atoms. The maximum absolute atomic E-state index is 13.2. The number of anilines is 3. The standard InChI is InChI=1S/C24H30N6O4S/c31-23-11-12-24(32)30(23)19-5-7-20(8-6-19)35(33,34)29-17-15-28(16-18-29)22-10-9-21(25-26-22)27-13-3-1-2-4-14-27/h5-10H,1-4,11-18H2. The number of sulfonamides is 1. The number of hydrogen-bond acceptors (Lipinski definition) is 8. The van der Waals surface area contributed by atoms with E-state index in [1.807, 2.05) is 12.1 Å². The van der Waals surface area contributed by atoms with Gasteiger partial charge in [-0.05, 0) is 49.2 Å². The van der Waals surface area contributed by atoms with Gasteiger partial charge in [0.15, 0.2) is 11.6 Å². The number of amides is 2. The Morgan fingerprint density at radius 2 is 1.14 bits per heavy atom. The van der Waals surface area contributed by atoms with Crippen molar-refractivity contribution in [1.82, 2.24) is 14.5 Å². The molecule has 0 unspecified atom stereocenters. The van der Waals surface area contributed by atoms with E-state index in [9.17, 15) is 18.0 Å². The molecule has 2 aromatic rings. The van der Waals surface area contributed by atoms with Gasteiger partial charge in [-0.15, -0.1) is 10.2 Å². The molecule has 0 atom stereocenters. The van der Waals surface area contributed by atoms with Gasteiger partial charge in [0.05, 0.1) is 10.6 Å². The van der Waals surface area contributed by atoms with Crippen LogP contribution in [0.15, 0.2) is 41.3 Å². The lowest BCUT2D eigenvalue weighted by atomic mass is 10.2. The number of aromatic nitrogens is 2. The molecule has 0 aliphatic carbocycles. The second kappa shape index (κ2) is 9.90. The van der Waals surface area contributed by atoms with Gasteiger partial charge < -0.3 is 9.80 Å². The first-order valence-electron chi connectivity index (χ1n) is 12.2. The molecule has 5 rings (SSSR count). The van der Waals surface area contributed by atoms with Crippen molar-refractivity contribution >= 4 is 39.2 Å². The number of imide groups is 1. The van der Waals surface area contributed by atoms with E-state index < -0.39 is 10.0 Å². The van der Waals surface area contributed by atoms with Crippen LogP contribution in [0.2, 0.25) is 0 Å². The Bertz CT molecular complexity index is 1150. The molecule has 0 N–H and O–H groups in total. The third-order valence-electron chi connectivity index (χ3n) is 6.91. The highest BCUT2D eigenvalue weighted by molar-refractivity contribution is 7.89. The first-order chi connectivity index (χ1) is 16.9. The number of rotatable bonds is 5. The molecular weight excluding hydrogens is 468 g/mol. The predicted octanol–water partition coefficient (Wildman–Crippen LogP) is 2.02. The predicted molar refractivity (Wildman–Crippen MR) is 132 cm³/mol. The van der Waals surface area contributed by atoms with Crippen LogP contribution in [0.5, 0.6) is 0 Å². The lowest BCUT2D eigenvalue weighted by molar-refractivity contribution is -0.121. The van der Waals surface area contributed by atoms with E-state index in [0.29, 0.717) is 31.9 Å². The van der Waals surface area contributed by atoms with Crippen LogP contribution < -0.4 is 14.7 Å². The second-order valence-corrected chi connectivity index (χ2v) is 11.1. The fraction of sp³-hybridized carbons (Fsp3) is 0.500. The molecule has 0 saturated carbocycles. The lowest BCUT2D eigenvalue weighted by Crippen LogP contribution is -2.49. The van der Waals surface area contributed by atoms with Gasteiger partial charge in [-0.3, -0.25) is 14.5 Å². The monoisotopic (exact) mass is 498 g/mol. The van der Waals surface area contributed by atoms with Crippen molar-refractivity contribution in [2.75, 3.05) is 54.0 Å². The van der Waals surface area contributed by atoms with Gasteiger partial charge >= 0.3 is 0 Å². The molecule has 11 heteroatoms. The topological polar surface area (TPSA) is 107 Å². The van der Waals surface area contributed by atoms with Gasteiger partial charge in [0, 0.05) is 52.1 Å². The van der Waals surface area contributed by atoms with Gasteiger partial charge in [-0.2, -0.15) is 4.31 Å².